The van der Waals surface area contributed by atoms with Gasteiger partial charge in [0.1, 0.15) is 0 Å². The molecule has 3 heterocycles. The zero-order valence-corrected chi connectivity index (χ0v) is 19.7. The van der Waals surface area contributed by atoms with E-state index in [0.29, 0.717) is 41.8 Å². The van der Waals surface area contributed by atoms with Crippen LogP contribution >= 0.6 is 23.2 Å². The second-order valence-corrected chi connectivity index (χ2v) is 8.64. The summed E-state index contributed by atoms with van der Waals surface area (Å²) in [7, 11) is 0. The van der Waals surface area contributed by atoms with E-state index < -0.39 is 0 Å². The Morgan fingerprint density at radius 2 is 2.03 bits per heavy atom. The number of amides is 1. The van der Waals surface area contributed by atoms with Crippen molar-refractivity contribution < 1.29 is 9.53 Å². The molecule has 1 aliphatic rings. The maximum Gasteiger partial charge on any atom is 0.255 e. The highest BCUT2D eigenvalue weighted by molar-refractivity contribution is 6.42. The number of carbonyl (C=O) groups is 1. The second kappa shape index (κ2) is 10.1. The predicted octanol–water partition coefficient (Wildman–Crippen LogP) is 5.23. The van der Waals surface area contributed by atoms with Crippen LogP contribution < -0.4 is 10.6 Å². The Morgan fingerprint density at radius 3 is 2.75 bits per heavy atom. The molecule has 1 atom stereocenters. The zero-order valence-electron chi connectivity index (χ0n) is 18.2. The average Bonchev–Trinajstić information content (AvgIpc) is 3.24. The highest BCUT2D eigenvalue weighted by atomic mass is 35.5. The van der Waals surface area contributed by atoms with Crippen molar-refractivity contribution in [3.63, 3.8) is 0 Å². The minimum Gasteiger partial charge on any atom is -0.381 e. The van der Waals surface area contributed by atoms with Crippen LogP contribution in [0.1, 0.15) is 55.1 Å². The van der Waals surface area contributed by atoms with Crippen LogP contribution in [0, 0.1) is 0 Å². The van der Waals surface area contributed by atoms with E-state index in [2.05, 4.69) is 20.7 Å². The molecule has 32 heavy (non-hydrogen) atoms. The molecule has 9 heteroatoms. The normalized spacial score (nSPS) is 15.6. The van der Waals surface area contributed by atoms with Gasteiger partial charge in [-0.15, -0.1) is 0 Å². The molecule has 2 N–H and O–H groups in total. The number of ether oxygens (including phenoxy) is 1. The van der Waals surface area contributed by atoms with E-state index in [1.54, 1.807) is 18.5 Å². The monoisotopic (exact) mass is 475 g/mol. The first kappa shape index (κ1) is 22.8. The van der Waals surface area contributed by atoms with Crippen molar-refractivity contribution in [3.8, 4) is 0 Å². The van der Waals surface area contributed by atoms with Crippen molar-refractivity contribution in [2.75, 3.05) is 18.5 Å². The van der Waals surface area contributed by atoms with Crippen LogP contribution in [0.5, 0.6) is 0 Å². The number of pyridine rings is 1. The van der Waals surface area contributed by atoms with Gasteiger partial charge in [-0.3, -0.25) is 4.79 Å². The van der Waals surface area contributed by atoms with Gasteiger partial charge < -0.3 is 15.4 Å². The average molecular weight is 476 g/mol. The van der Waals surface area contributed by atoms with Crippen molar-refractivity contribution in [2.24, 2.45) is 0 Å². The molecule has 1 amide bonds. The van der Waals surface area contributed by atoms with Gasteiger partial charge in [0.25, 0.3) is 5.91 Å². The number of nitrogens with zero attached hydrogens (tertiary/aromatic N) is 3. The molecule has 1 aliphatic heterocycles. The molecule has 170 valence electrons. The summed E-state index contributed by atoms with van der Waals surface area (Å²) in [6, 6.07) is 5.40. The highest BCUT2D eigenvalue weighted by Gasteiger charge is 2.24. The van der Waals surface area contributed by atoms with Gasteiger partial charge in [0.15, 0.2) is 5.65 Å². The SMILES string of the molecule is CCC(NC(=O)c1cnc2c(cnn2CC)c1NC1CCOCC1)c1cccc(Cl)c1Cl. The van der Waals surface area contributed by atoms with Crippen LogP contribution in [-0.2, 0) is 11.3 Å². The van der Waals surface area contributed by atoms with E-state index in [0.717, 1.165) is 35.1 Å². The van der Waals surface area contributed by atoms with Gasteiger partial charge in [-0.1, -0.05) is 42.3 Å². The Morgan fingerprint density at radius 1 is 1.25 bits per heavy atom. The second-order valence-electron chi connectivity index (χ2n) is 7.85. The Bertz CT molecular complexity index is 1110. The van der Waals surface area contributed by atoms with Crippen LogP contribution in [0.15, 0.2) is 30.6 Å². The molecule has 0 radical (unpaired) electrons. The molecule has 4 rings (SSSR count). The molecule has 1 saturated heterocycles. The Balaban J connectivity index is 1.69. The summed E-state index contributed by atoms with van der Waals surface area (Å²) in [4.78, 5) is 18.0. The lowest BCUT2D eigenvalue weighted by atomic mass is 10.0. The summed E-state index contributed by atoms with van der Waals surface area (Å²) in [5, 5.41) is 12.9. The quantitative estimate of drug-likeness (QED) is 0.488. The Hall–Kier alpha value is -2.35. The minimum atomic E-state index is -0.279. The summed E-state index contributed by atoms with van der Waals surface area (Å²) < 4.78 is 7.32. The summed E-state index contributed by atoms with van der Waals surface area (Å²) in [6.07, 6.45) is 5.82. The van der Waals surface area contributed by atoms with Crippen molar-refractivity contribution in [1.29, 1.82) is 0 Å². The molecule has 2 aromatic heterocycles. The highest BCUT2D eigenvalue weighted by Crippen LogP contribution is 2.33. The third kappa shape index (κ3) is 4.56. The number of nitrogens with one attached hydrogen (secondary N) is 2. The summed E-state index contributed by atoms with van der Waals surface area (Å²) in [6.45, 7) is 6.11. The van der Waals surface area contributed by atoms with Gasteiger partial charge >= 0.3 is 0 Å². The standard InChI is InChI=1S/C23H27Cl2N5O2/c1-3-19(15-6-5-7-18(24)20(15)25)29-23(31)17-12-26-22-16(13-27-30(22)4-2)21(17)28-14-8-10-32-11-9-14/h5-7,12-14,19H,3-4,8-11H2,1-2H3,(H,26,28)(H,29,31). The number of halogens is 2. The smallest absolute Gasteiger partial charge is 0.255 e. The number of carbonyl (C=O) groups excluding carboxylic acids is 1. The number of aromatic nitrogens is 3. The number of rotatable bonds is 7. The fourth-order valence-corrected chi connectivity index (χ4v) is 4.50. The number of anilines is 1. The summed E-state index contributed by atoms with van der Waals surface area (Å²) in [5.74, 6) is -0.221. The molecule has 3 aromatic rings. The van der Waals surface area contributed by atoms with Gasteiger partial charge in [0.2, 0.25) is 0 Å². The Kier molecular flexibility index (Phi) is 7.18. The van der Waals surface area contributed by atoms with E-state index in [-0.39, 0.29) is 18.0 Å². The third-order valence-electron chi connectivity index (χ3n) is 5.85. The van der Waals surface area contributed by atoms with Gasteiger partial charge in [0.05, 0.1) is 38.9 Å². The molecule has 0 saturated carbocycles. The van der Waals surface area contributed by atoms with E-state index >= 15 is 0 Å². The lowest BCUT2D eigenvalue weighted by Gasteiger charge is -2.26. The fraction of sp³-hybridized carbons (Fsp3) is 0.435. The third-order valence-corrected chi connectivity index (χ3v) is 6.68. The number of aryl methyl sites for hydroxylation is 1. The van der Waals surface area contributed by atoms with Gasteiger partial charge in [-0.2, -0.15) is 5.10 Å². The van der Waals surface area contributed by atoms with Gasteiger partial charge in [-0.05, 0) is 37.8 Å². The van der Waals surface area contributed by atoms with Gasteiger partial charge in [-0.25, -0.2) is 9.67 Å². The zero-order chi connectivity index (χ0) is 22.7. The largest absolute Gasteiger partial charge is 0.381 e. The lowest BCUT2D eigenvalue weighted by molar-refractivity contribution is 0.0903. The molecule has 0 bridgehead atoms. The molecule has 0 spiro atoms. The van der Waals surface area contributed by atoms with Crippen LogP contribution in [0.3, 0.4) is 0 Å². The van der Waals surface area contributed by atoms with E-state index in [1.807, 2.05) is 30.7 Å². The van der Waals surface area contributed by atoms with Crippen molar-refractivity contribution >= 4 is 45.8 Å². The number of benzene rings is 1. The van der Waals surface area contributed by atoms with Crippen LogP contribution in [0.2, 0.25) is 10.0 Å². The molecule has 7 nitrogen and oxygen atoms in total. The Labute approximate surface area is 197 Å². The molecule has 1 aromatic carbocycles. The maximum absolute atomic E-state index is 13.4. The number of hydrogen-bond acceptors (Lipinski definition) is 5. The van der Waals surface area contributed by atoms with Gasteiger partial charge in [0, 0.05) is 32.0 Å². The molecule has 1 fully saturated rings. The number of hydrogen-bond donors (Lipinski definition) is 2. The molecule has 1 unspecified atom stereocenters. The van der Waals surface area contributed by atoms with Crippen LogP contribution in [-0.4, -0.2) is 39.9 Å². The van der Waals surface area contributed by atoms with E-state index in [4.69, 9.17) is 27.9 Å². The molecular formula is C23H27Cl2N5O2. The summed E-state index contributed by atoms with van der Waals surface area (Å²) >= 11 is 12.6. The first-order chi connectivity index (χ1) is 15.5. The first-order valence-corrected chi connectivity index (χ1v) is 11.7. The van der Waals surface area contributed by atoms with E-state index in [9.17, 15) is 4.79 Å². The predicted molar refractivity (Wildman–Crippen MR) is 128 cm³/mol. The maximum atomic E-state index is 13.4. The molecular weight excluding hydrogens is 449 g/mol. The summed E-state index contributed by atoms with van der Waals surface area (Å²) in [5.41, 5.74) is 2.78. The van der Waals surface area contributed by atoms with Crippen LogP contribution in [0.25, 0.3) is 11.0 Å². The van der Waals surface area contributed by atoms with Crippen molar-refractivity contribution in [3.05, 3.63) is 51.8 Å². The lowest BCUT2D eigenvalue weighted by Crippen LogP contribution is -2.32. The number of fused-ring (bicyclic) bond motifs is 1. The molecule has 0 aliphatic carbocycles. The minimum absolute atomic E-state index is 0.218. The van der Waals surface area contributed by atoms with Crippen molar-refractivity contribution in [2.45, 2.75) is 51.7 Å². The fourth-order valence-electron chi connectivity index (χ4n) is 4.06. The van der Waals surface area contributed by atoms with Crippen molar-refractivity contribution in [1.82, 2.24) is 20.1 Å². The topological polar surface area (TPSA) is 81.1 Å². The first-order valence-electron chi connectivity index (χ1n) is 11.0. The van der Waals surface area contributed by atoms with Crippen LogP contribution in [0.4, 0.5) is 5.69 Å². The van der Waals surface area contributed by atoms with E-state index in [1.165, 1.54) is 0 Å².